The molecule has 9 unspecified atom stereocenters. The van der Waals surface area contributed by atoms with Crippen molar-refractivity contribution in [2.45, 2.75) is 84.1 Å². The van der Waals surface area contributed by atoms with Gasteiger partial charge in [-0.05, 0) is 19.9 Å². The molecule has 9 atom stereocenters. The van der Waals surface area contributed by atoms with Crippen molar-refractivity contribution in [3.05, 3.63) is 52.8 Å². The van der Waals surface area contributed by atoms with E-state index in [4.69, 9.17) is 18.9 Å². The zero-order valence-corrected chi connectivity index (χ0v) is 36.1. The van der Waals surface area contributed by atoms with Crippen LogP contribution in [-0.4, -0.2) is 148 Å². The van der Waals surface area contributed by atoms with Crippen molar-refractivity contribution in [1.29, 1.82) is 0 Å². The summed E-state index contributed by atoms with van der Waals surface area (Å²) in [5.41, 5.74) is -2.72. The van der Waals surface area contributed by atoms with Crippen molar-refractivity contribution in [1.82, 2.24) is 5.01 Å². The van der Waals surface area contributed by atoms with Gasteiger partial charge >= 0.3 is 11.8 Å². The Balaban J connectivity index is 1.73. The summed E-state index contributed by atoms with van der Waals surface area (Å²) < 4.78 is 25.0. The van der Waals surface area contributed by atoms with Crippen molar-refractivity contribution in [2.24, 2.45) is 22.9 Å². The van der Waals surface area contributed by atoms with Crippen LogP contribution in [0.15, 0.2) is 41.2 Å². The van der Waals surface area contributed by atoms with Crippen LogP contribution in [0.25, 0.3) is 10.8 Å². The second kappa shape index (κ2) is 16.9. The van der Waals surface area contributed by atoms with Gasteiger partial charge in [0.25, 0.3) is 11.7 Å². The molecule has 4 aliphatic rings. The zero-order valence-electron chi connectivity index (χ0n) is 36.1. The van der Waals surface area contributed by atoms with E-state index in [2.05, 4.69) is 10.4 Å². The van der Waals surface area contributed by atoms with E-state index in [1.807, 2.05) is 7.05 Å². The molecule has 1 amide bonds. The summed E-state index contributed by atoms with van der Waals surface area (Å²) in [6, 6.07) is 0. The number of piperazine rings is 1. The van der Waals surface area contributed by atoms with Gasteiger partial charge in [-0.2, -0.15) is 5.10 Å². The third-order valence-electron chi connectivity index (χ3n) is 13.2. The number of ether oxygens (including phenoxy) is 4. The topological polar surface area (TPSA) is 237 Å². The number of allylic oxidation sites excluding steroid dienone is 2. The Morgan fingerprint density at radius 3 is 2.33 bits per heavy atom. The molecular formula is C44H59N4O13+. The number of benzene rings is 2. The third kappa shape index (κ3) is 7.82. The molecule has 4 heterocycles. The van der Waals surface area contributed by atoms with Crippen molar-refractivity contribution in [3.8, 4) is 23.0 Å². The third-order valence-corrected chi connectivity index (χ3v) is 13.2. The van der Waals surface area contributed by atoms with Gasteiger partial charge in [0.1, 0.15) is 29.9 Å². The number of aromatic hydroxyl groups is 3. The first-order valence-corrected chi connectivity index (χ1v) is 20.5. The number of phenolic OH excluding ortho intramolecular Hbond substituents is 3. The summed E-state index contributed by atoms with van der Waals surface area (Å²) in [6.07, 6.45) is 3.52. The lowest BCUT2D eigenvalue weighted by Gasteiger charge is -2.46. The molecule has 2 aromatic rings. The lowest BCUT2D eigenvalue weighted by Crippen LogP contribution is -2.57. The fourth-order valence-corrected chi connectivity index (χ4v) is 9.24. The molecule has 17 nitrogen and oxygen atoms in total. The smallest absolute Gasteiger partial charge is 0.312 e. The molecule has 61 heavy (non-hydrogen) atoms. The molecule has 0 radical (unpaired) electrons. The van der Waals surface area contributed by atoms with E-state index >= 15 is 0 Å². The minimum absolute atomic E-state index is 0.0231. The molecule has 0 aromatic heterocycles. The summed E-state index contributed by atoms with van der Waals surface area (Å²) in [5, 5.41) is 79.0. The number of esters is 1. The number of aliphatic hydroxyl groups excluding tert-OH is 3. The number of nitrogens with zero attached hydrogens (tertiary/aromatic N) is 3. The average molecular weight is 852 g/mol. The van der Waals surface area contributed by atoms with Gasteiger partial charge in [0, 0.05) is 49.7 Å². The summed E-state index contributed by atoms with van der Waals surface area (Å²) in [5.74, 6) is -9.19. The number of phenols is 3. The Labute approximate surface area is 354 Å². The second-order valence-corrected chi connectivity index (χ2v) is 17.4. The summed E-state index contributed by atoms with van der Waals surface area (Å²) in [6.45, 7) is 13.4. The fourth-order valence-electron chi connectivity index (χ4n) is 9.24. The number of ketones is 1. The standard InChI is InChI=1S/C44H58N4O13/c1-22-11-10-12-23(2)42(57)46-33-27(21-45-47-14-16-48(8,17-15-47)18-19-49)36(53)29-30(38(33)55)37(54)32-39-31(29)40(56)44(7,61-39)59-20-13-28(58-9)43(32,6)41(60-26(5)50)25(4)35(52)24(3)34(22)51/h10-13,20-22,24-25,28,34-35,41,49,51-52H,14-19H2,1-9H3,(H3-,45,46,53,54,55,56,57)/p+1/b11-10+,20-13+,23-12-. The summed E-state index contributed by atoms with van der Waals surface area (Å²) in [4.78, 5) is 41.7. The maximum atomic E-state index is 14.7. The normalized spacial score (nSPS) is 33.5. The molecule has 4 aliphatic heterocycles. The number of Topliss-reactive ketones (excluding diaryl/α,β-unsaturated/α-hetero) is 1. The summed E-state index contributed by atoms with van der Waals surface area (Å²) in [7, 11) is 3.39. The number of amides is 1. The highest BCUT2D eigenvalue weighted by Crippen LogP contribution is 2.60. The number of anilines is 1. The second-order valence-electron chi connectivity index (χ2n) is 17.4. The highest BCUT2D eigenvalue weighted by molar-refractivity contribution is 6.24. The Hall–Kier alpha value is -5.20. The molecule has 5 bridgehead atoms. The molecule has 332 valence electrons. The van der Waals surface area contributed by atoms with Gasteiger partial charge in [0.15, 0.2) is 5.75 Å². The number of quaternary nitrogens is 1. The van der Waals surface area contributed by atoms with Crippen LogP contribution in [-0.2, 0) is 29.2 Å². The van der Waals surface area contributed by atoms with Crippen LogP contribution in [0.2, 0.25) is 0 Å². The number of hydrogen-bond donors (Lipinski definition) is 7. The largest absolute Gasteiger partial charge is 0.507 e. The molecule has 7 N–H and O–H groups in total. The van der Waals surface area contributed by atoms with Gasteiger partial charge in [0.05, 0.1) is 104 Å². The zero-order chi connectivity index (χ0) is 44.9. The van der Waals surface area contributed by atoms with Crippen LogP contribution in [0.3, 0.4) is 0 Å². The van der Waals surface area contributed by atoms with Crippen molar-refractivity contribution in [2.75, 3.05) is 58.8 Å². The predicted octanol–water partition coefficient (Wildman–Crippen LogP) is 3.17. The lowest BCUT2D eigenvalue weighted by atomic mass is 9.65. The number of likely N-dealkylation sites (N-methyl/N-ethyl adjacent to an activating group) is 1. The number of hydrogen-bond acceptors (Lipinski definition) is 15. The van der Waals surface area contributed by atoms with E-state index in [0.29, 0.717) is 37.2 Å². The SMILES string of the molecule is COC1/C=C/OC2(C)Oc3c4c(O)c5c(O)c(c(/C=N/N6CC[N+](C)(CCO)CC6)c(O)c5c3C2=O)NC(=O)/C(C)=C\C=C\C(C)C(O)C(C)C(O)C(C)C(OC(C)=O)C41C. The van der Waals surface area contributed by atoms with E-state index < -0.39 is 93.7 Å². The molecule has 1 fully saturated rings. The van der Waals surface area contributed by atoms with Gasteiger partial charge in [-0.15, -0.1) is 0 Å². The maximum Gasteiger partial charge on any atom is 0.312 e. The van der Waals surface area contributed by atoms with Crippen LogP contribution in [0.4, 0.5) is 5.69 Å². The number of rotatable bonds is 6. The minimum atomic E-state index is -2.09. The van der Waals surface area contributed by atoms with Gasteiger partial charge in [-0.25, -0.2) is 0 Å². The number of methoxy groups -OCH3 is 1. The van der Waals surface area contributed by atoms with Crippen LogP contribution in [0.1, 0.15) is 70.0 Å². The quantitative estimate of drug-likeness (QED) is 0.0728. The average Bonchev–Trinajstić information content (AvgIpc) is 3.49. The molecular weight excluding hydrogens is 792 g/mol. The van der Waals surface area contributed by atoms with Crippen LogP contribution < -0.4 is 10.1 Å². The van der Waals surface area contributed by atoms with Crippen LogP contribution >= 0.6 is 0 Å². The fraction of sp³-hybridized carbons (Fsp3) is 0.545. The van der Waals surface area contributed by atoms with Crippen molar-refractivity contribution in [3.63, 3.8) is 0 Å². The molecule has 0 aliphatic carbocycles. The minimum Gasteiger partial charge on any atom is -0.507 e. The molecule has 1 saturated heterocycles. The van der Waals surface area contributed by atoms with Gasteiger partial charge in [-0.1, -0.05) is 39.0 Å². The first-order chi connectivity index (χ1) is 28.6. The van der Waals surface area contributed by atoms with Crippen LogP contribution in [0.5, 0.6) is 23.0 Å². The lowest BCUT2D eigenvalue weighted by molar-refractivity contribution is -0.914. The van der Waals surface area contributed by atoms with Gasteiger partial charge < -0.3 is 59.4 Å². The van der Waals surface area contributed by atoms with E-state index in [9.17, 15) is 45.0 Å². The van der Waals surface area contributed by atoms with E-state index in [1.54, 1.807) is 44.9 Å². The van der Waals surface area contributed by atoms with Gasteiger partial charge in [0.2, 0.25) is 0 Å². The van der Waals surface area contributed by atoms with Crippen molar-refractivity contribution < 1.29 is 68.5 Å². The number of carbonyl (C=O) groups excluding carboxylic acids is 3. The molecule has 6 rings (SSSR count). The molecule has 17 heteroatoms. The van der Waals surface area contributed by atoms with E-state index in [0.717, 1.165) is 0 Å². The predicted molar refractivity (Wildman–Crippen MR) is 224 cm³/mol. The highest BCUT2D eigenvalue weighted by Gasteiger charge is 2.58. The maximum absolute atomic E-state index is 14.7. The number of carbonyl (C=O) groups is 3. The Bertz CT molecular complexity index is 2210. The highest BCUT2D eigenvalue weighted by atomic mass is 16.7. The van der Waals surface area contributed by atoms with Gasteiger partial charge in [-0.3, -0.25) is 19.4 Å². The van der Waals surface area contributed by atoms with Crippen LogP contribution in [0, 0.1) is 17.8 Å². The molecule has 0 spiro atoms. The summed E-state index contributed by atoms with van der Waals surface area (Å²) >= 11 is 0. The number of fused-ring (bicyclic) bond motifs is 3. The first-order valence-electron chi connectivity index (χ1n) is 20.5. The number of aliphatic hydroxyl groups is 3. The first kappa shape index (κ1) is 45.3. The van der Waals surface area contributed by atoms with E-state index in [-0.39, 0.29) is 45.7 Å². The molecule has 2 aromatic carbocycles. The Morgan fingerprint density at radius 2 is 1.70 bits per heavy atom. The van der Waals surface area contributed by atoms with E-state index in [1.165, 1.54) is 52.5 Å². The van der Waals surface area contributed by atoms with Crippen molar-refractivity contribution >= 4 is 40.3 Å². The Kier molecular flexibility index (Phi) is 12.6. The monoisotopic (exact) mass is 851 g/mol. The molecule has 0 saturated carbocycles. The number of nitrogens with one attached hydrogen (secondary N) is 1. The Morgan fingerprint density at radius 1 is 1.03 bits per heavy atom. The number of hydrazone groups is 1.